The van der Waals surface area contributed by atoms with E-state index < -0.39 is 0 Å². The summed E-state index contributed by atoms with van der Waals surface area (Å²) in [5.41, 5.74) is 1.29. The van der Waals surface area contributed by atoms with E-state index in [1.165, 1.54) is 5.56 Å². The Labute approximate surface area is 117 Å². The quantitative estimate of drug-likeness (QED) is 0.801. The average molecular weight is 321 g/mol. The van der Waals surface area contributed by atoms with Gasteiger partial charge in [-0.05, 0) is 53.9 Å². The van der Waals surface area contributed by atoms with E-state index >= 15 is 0 Å². The molecule has 0 aliphatic rings. The smallest absolute Gasteiger partial charge is 0.133 e. The fraction of sp³-hybridized carbons (Fsp3) is 0.538. The average Bonchev–Trinajstić information content (AvgIpc) is 2.27. The summed E-state index contributed by atoms with van der Waals surface area (Å²) in [6.07, 6.45) is 0.950. The first-order valence-corrected chi connectivity index (χ1v) is 6.94. The molecular formula is C13H19BrClNO. The minimum absolute atomic E-state index is 0.0636. The van der Waals surface area contributed by atoms with E-state index in [4.69, 9.17) is 16.3 Å². The van der Waals surface area contributed by atoms with Gasteiger partial charge < -0.3 is 10.1 Å². The maximum atomic E-state index is 5.77. The van der Waals surface area contributed by atoms with Crippen LogP contribution in [0.1, 0.15) is 25.8 Å². The van der Waals surface area contributed by atoms with Crippen molar-refractivity contribution in [2.75, 3.05) is 13.0 Å². The van der Waals surface area contributed by atoms with E-state index in [1.807, 2.05) is 6.07 Å². The molecule has 96 valence electrons. The zero-order chi connectivity index (χ0) is 12.9. The third kappa shape index (κ3) is 4.86. The van der Waals surface area contributed by atoms with E-state index in [0.29, 0.717) is 5.88 Å². The lowest BCUT2D eigenvalue weighted by molar-refractivity contribution is 0.376. The molecule has 1 N–H and O–H groups in total. The second-order valence-electron chi connectivity index (χ2n) is 4.65. The summed E-state index contributed by atoms with van der Waals surface area (Å²) in [4.78, 5) is 0. The molecule has 0 bridgehead atoms. The predicted molar refractivity (Wildman–Crippen MR) is 76.9 cm³/mol. The second kappa shape index (κ2) is 6.62. The van der Waals surface area contributed by atoms with Gasteiger partial charge in [-0.25, -0.2) is 0 Å². The molecule has 0 spiro atoms. The summed E-state index contributed by atoms with van der Waals surface area (Å²) in [6, 6.07) is 6.10. The van der Waals surface area contributed by atoms with Crippen molar-refractivity contribution in [3.8, 4) is 5.75 Å². The molecule has 2 nitrogen and oxygen atoms in total. The standard InChI is InChI=1S/C13H19BrClNO/c1-13(2,6-7-15)16-9-10-4-5-12(17-3)11(14)8-10/h4-5,8,16H,6-7,9H2,1-3H3. The van der Waals surface area contributed by atoms with Crippen molar-refractivity contribution in [1.82, 2.24) is 5.32 Å². The molecule has 0 saturated carbocycles. The number of methoxy groups -OCH3 is 1. The van der Waals surface area contributed by atoms with Gasteiger partial charge >= 0.3 is 0 Å². The molecule has 0 aliphatic carbocycles. The highest BCUT2D eigenvalue weighted by Crippen LogP contribution is 2.25. The molecule has 1 aromatic carbocycles. The van der Waals surface area contributed by atoms with Crippen LogP contribution in [-0.2, 0) is 6.54 Å². The lowest BCUT2D eigenvalue weighted by atomic mass is 10.0. The van der Waals surface area contributed by atoms with Crippen LogP contribution in [0.4, 0.5) is 0 Å². The number of alkyl halides is 1. The molecule has 4 heteroatoms. The highest BCUT2D eigenvalue weighted by atomic mass is 79.9. The fourth-order valence-corrected chi connectivity index (χ4v) is 2.55. The van der Waals surface area contributed by atoms with Crippen molar-refractivity contribution in [2.45, 2.75) is 32.4 Å². The topological polar surface area (TPSA) is 21.3 Å². The number of hydrogen-bond donors (Lipinski definition) is 1. The van der Waals surface area contributed by atoms with Crippen LogP contribution in [0.3, 0.4) is 0 Å². The van der Waals surface area contributed by atoms with Gasteiger partial charge in [0.1, 0.15) is 5.75 Å². The first-order valence-electron chi connectivity index (χ1n) is 5.62. The van der Waals surface area contributed by atoms with E-state index in [-0.39, 0.29) is 5.54 Å². The van der Waals surface area contributed by atoms with Gasteiger partial charge in [-0.3, -0.25) is 0 Å². The lowest BCUT2D eigenvalue weighted by Crippen LogP contribution is -2.39. The van der Waals surface area contributed by atoms with Gasteiger partial charge in [-0.1, -0.05) is 6.07 Å². The van der Waals surface area contributed by atoms with Gasteiger partial charge in [0.2, 0.25) is 0 Å². The first-order chi connectivity index (χ1) is 7.98. The highest BCUT2D eigenvalue weighted by Gasteiger charge is 2.15. The molecule has 1 aromatic rings. The van der Waals surface area contributed by atoms with Crippen LogP contribution in [0.25, 0.3) is 0 Å². The molecule has 17 heavy (non-hydrogen) atoms. The Hall–Kier alpha value is -0.250. The van der Waals surface area contributed by atoms with Gasteiger partial charge in [0.05, 0.1) is 11.6 Å². The Kier molecular flexibility index (Phi) is 5.77. The highest BCUT2D eigenvalue weighted by molar-refractivity contribution is 9.10. The van der Waals surface area contributed by atoms with Gasteiger partial charge in [0.15, 0.2) is 0 Å². The van der Waals surface area contributed by atoms with Crippen LogP contribution in [0.5, 0.6) is 5.75 Å². The van der Waals surface area contributed by atoms with Gasteiger partial charge in [-0.2, -0.15) is 0 Å². The molecule has 0 unspecified atom stereocenters. The van der Waals surface area contributed by atoms with E-state index in [9.17, 15) is 0 Å². The van der Waals surface area contributed by atoms with Crippen molar-refractivity contribution in [2.24, 2.45) is 0 Å². The summed E-state index contributed by atoms with van der Waals surface area (Å²) >= 11 is 9.25. The molecule has 0 saturated heterocycles. The minimum Gasteiger partial charge on any atom is -0.496 e. The van der Waals surface area contributed by atoms with Crippen LogP contribution in [0.15, 0.2) is 22.7 Å². The van der Waals surface area contributed by atoms with Crippen molar-refractivity contribution in [3.63, 3.8) is 0 Å². The zero-order valence-corrected chi connectivity index (χ0v) is 12.9. The molecule has 1 rings (SSSR count). The summed E-state index contributed by atoms with van der Waals surface area (Å²) in [5, 5.41) is 3.49. The van der Waals surface area contributed by atoms with Crippen molar-refractivity contribution >= 4 is 27.5 Å². The van der Waals surface area contributed by atoms with E-state index in [1.54, 1.807) is 7.11 Å². The van der Waals surface area contributed by atoms with Crippen LogP contribution in [-0.4, -0.2) is 18.5 Å². The SMILES string of the molecule is COc1ccc(CNC(C)(C)CCCl)cc1Br. The lowest BCUT2D eigenvalue weighted by Gasteiger charge is -2.25. The Bertz CT molecular complexity index is 368. The van der Waals surface area contributed by atoms with Crippen LogP contribution >= 0.6 is 27.5 Å². The van der Waals surface area contributed by atoms with Crippen molar-refractivity contribution in [3.05, 3.63) is 28.2 Å². The van der Waals surface area contributed by atoms with Crippen LogP contribution in [0.2, 0.25) is 0 Å². The van der Waals surface area contributed by atoms with Crippen LogP contribution in [0, 0.1) is 0 Å². The number of hydrogen-bond acceptors (Lipinski definition) is 2. The Morgan fingerprint density at radius 3 is 2.65 bits per heavy atom. The monoisotopic (exact) mass is 319 g/mol. The molecule has 0 radical (unpaired) electrons. The third-order valence-corrected chi connectivity index (χ3v) is 3.52. The molecule has 0 aliphatic heterocycles. The number of halogens is 2. The summed E-state index contributed by atoms with van der Waals surface area (Å²) in [7, 11) is 1.67. The third-order valence-electron chi connectivity index (χ3n) is 2.71. The Morgan fingerprint density at radius 2 is 2.12 bits per heavy atom. The molecular weight excluding hydrogens is 302 g/mol. The molecule has 0 atom stereocenters. The maximum Gasteiger partial charge on any atom is 0.133 e. The van der Waals surface area contributed by atoms with Gasteiger partial charge in [0.25, 0.3) is 0 Å². The minimum atomic E-state index is 0.0636. The number of nitrogens with one attached hydrogen (secondary N) is 1. The largest absolute Gasteiger partial charge is 0.496 e. The molecule has 0 fully saturated rings. The molecule has 0 aromatic heterocycles. The fourth-order valence-electron chi connectivity index (χ4n) is 1.49. The summed E-state index contributed by atoms with van der Waals surface area (Å²) < 4.78 is 6.18. The number of benzene rings is 1. The number of rotatable bonds is 6. The van der Waals surface area contributed by atoms with Crippen LogP contribution < -0.4 is 10.1 Å². The van der Waals surface area contributed by atoms with E-state index in [0.717, 1.165) is 23.2 Å². The molecule has 0 heterocycles. The van der Waals surface area contributed by atoms with E-state index in [2.05, 4.69) is 47.2 Å². The number of ether oxygens (including phenoxy) is 1. The first kappa shape index (κ1) is 14.8. The van der Waals surface area contributed by atoms with Gasteiger partial charge in [-0.15, -0.1) is 11.6 Å². The van der Waals surface area contributed by atoms with Crippen molar-refractivity contribution < 1.29 is 4.74 Å². The predicted octanol–water partition coefficient (Wildman–Crippen LogP) is 3.95. The van der Waals surface area contributed by atoms with Gasteiger partial charge in [0, 0.05) is 18.0 Å². The zero-order valence-electron chi connectivity index (χ0n) is 10.5. The summed E-state index contributed by atoms with van der Waals surface area (Å²) in [6.45, 7) is 5.15. The second-order valence-corrected chi connectivity index (χ2v) is 5.88. The molecule has 0 amide bonds. The van der Waals surface area contributed by atoms with Crippen molar-refractivity contribution in [1.29, 1.82) is 0 Å². The Morgan fingerprint density at radius 1 is 1.41 bits per heavy atom. The maximum absolute atomic E-state index is 5.77. The normalized spacial score (nSPS) is 11.6. The Balaban J connectivity index is 2.61. The summed E-state index contributed by atoms with van der Waals surface area (Å²) in [5.74, 6) is 1.53.